The Morgan fingerprint density at radius 2 is 2.25 bits per heavy atom. The molecule has 65 valence electrons. The Hall–Kier alpha value is -1.10. The molecule has 0 aliphatic carbocycles. The fraction of sp³-hybridized carbons (Fsp3) is 0.143. The van der Waals surface area contributed by atoms with Gasteiger partial charge < -0.3 is 4.18 Å². The first-order valence-electron chi connectivity index (χ1n) is 3.04. The first-order valence-corrected chi connectivity index (χ1v) is 4.86. The second-order valence-corrected chi connectivity index (χ2v) is 3.72. The van der Waals surface area contributed by atoms with E-state index in [0.717, 1.165) is 18.4 Å². The molecule has 0 amide bonds. The SMILES string of the molecule is CS(=O)(=O)Oc1c[c]ccc1F. The lowest BCUT2D eigenvalue weighted by Gasteiger charge is -2.01. The van der Waals surface area contributed by atoms with Crippen LogP contribution in [0.3, 0.4) is 0 Å². The average Bonchev–Trinajstić information content (AvgIpc) is 1.91. The standard InChI is InChI=1S/C7H6FO3S/c1-12(9,10)11-7-5-3-2-4-6(7)8/h2,4-5H,1H3. The van der Waals surface area contributed by atoms with Gasteiger partial charge in [-0.3, -0.25) is 0 Å². The van der Waals surface area contributed by atoms with E-state index in [1.165, 1.54) is 6.07 Å². The molecule has 5 heteroatoms. The summed E-state index contributed by atoms with van der Waals surface area (Å²) in [4.78, 5) is 0. The number of benzene rings is 1. The Kier molecular flexibility index (Phi) is 2.32. The van der Waals surface area contributed by atoms with Crippen molar-refractivity contribution in [2.45, 2.75) is 0 Å². The molecule has 0 bridgehead atoms. The van der Waals surface area contributed by atoms with Gasteiger partial charge in [-0.15, -0.1) is 0 Å². The molecule has 0 aliphatic heterocycles. The van der Waals surface area contributed by atoms with Gasteiger partial charge in [0.15, 0.2) is 11.6 Å². The quantitative estimate of drug-likeness (QED) is 0.651. The van der Waals surface area contributed by atoms with E-state index in [0.29, 0.717) is 0 Å². The van der Waals surface area contributed by atoms with Crippen molar-refractivity contribution in [2.75, 3.05) is 6.26 Å². The van der Waals surface area contributed by atoms with Gasteiger partial charge in [-0.25, -0.2) is 4.39 Å². The van der Waals surface area contributed by atoms with E-state index in [1.807, 2.05) is 0 Å². The number of hydrogen-bond acceptors (Lipinski definition) is 3. The van der Waals surface area contributed by atoms with E-state index in [1.54, 1.807) is 0 Å². The van der Waals surface area contributed by atoms with Gasteiger partial charge in [-0.1, -0.05) is 6.07 Å². The van der Waals surface area contributed by atoms with Crippen molar-refractivity contribution < 1.29 is 17.0 Å². The molecule has 12 heavy (non-hydrogen) atoms. The average molecular weight is 189 g/mol. The largest absolute Gasteiger partial charge is 0.379 e. The zero-order valence-corrected chi connectivity index (χ0v) is 7.06. The highest BCUT2D eigenvalue weighted by atomic mass is 32.2. The van der Waals surface area contributed by atoms with Gasteiger partial charge in [-0.05, 0) is 18.2 Å². The van der Waals surface area contributed by atoms with Gasteiger partial charge in [0, 0.05) is 0 Å². The smallest absolute Gasteiger partial charge is 0.306 e. The molecule has 0 saturated heterocycles. The van der Waals surface area contributed by atoms with Crippen molar-refractivity contribution in [1.82, 2.24) is 0 Å². The zero-order valence-electron chi connectivity index (χ0n) is 6.24. The summed E-state index contributed by atoms with van der Waals surface area (Å²) in [7, 11) is -3.66. The van der Waals surface area contributed by atoms with Crippen LogP contribution in [0.15, 0.2) is 18.2 Å². The van der Waals surface area contributed by atoms with Crippen molar-refractivity contribution in [3.05, 3.63) is 30.1 Å². The molecular weight excluding hydrogens is 183 g/mol. The van der Waals surface area contributed by atoms with Gasteiger partial charge in [0.05, 0.1) is 6.26 Å². The van der Waals surface area contributed by atoms with Gasteiger partial charge >= 0.3 is 10.1 Å². The molecule has 0 aromatic heterocycles. The molecule has 1 rings (SSSR count). The molecule has 0 aliphatic rings. The number of hydrogen-bond donors (Lipinski definition) is 0. The zero-order chi connectivity index (χ0) is 9.19. The predicted octanol–water partition coefficient (Wildman–Crippen LogP) is 0.964. The topological polar surface area (TPSA) is 43.4 Å². The molecule has 0 heterocycles. The molecule has 1 aromatic carbocycles. The Balaban J connectivity index is 2.98. The maximum Gasteiger partial charge on any atom is 0.306 e. The molecule has 1 aromatic rings. The minimum absolute atomic E-state index is 0.333. The minimum Gasteiger partial charge on any atom is -0.379 e. The lowest BCUT2D eigenvalue weighted by atomic mass is 10.3. The third-order valence-electron chi connectivity index (χ3n) is 1.02. The van der Waals surface area contributed by atoms with E-state index in [-0.39, 0.29) is 5.75 Å². The molecule has 0 saturated carbocycles. The summed E-state index contributed by atoms with van der Waals surface area (Å²) < 4.78 is 38.1. The molecule has 0 N–H and O–H groups in total. The van der Waals surface area contributed by atoms with E-state index < -0.39 is 15.9 Å². The minimum atomic E-state index is -3.66. The maximum atomic E-state index is 12.7. The monoisotopic (exact) mass is 189 g/mol. The maximum absolute atomic E-state index is 12.7. The molecule has 1 radical (unpaired) electrons. The summed E-state index contributed by atoms with van der Waals surface area (Å²) in [5.41, 5.74) is 0. The summed E-state index contributed by atoms with van der Waals surface area (Å²) in [6.45, 7) is 0. The van der Waals surface area contributed by atoms with Gasteiger partial charge in [-0.2, -0.15) is 8.42 Å². The van der Waals surface area contributed by atoms with Gasteiger partial charge in [0.1, 0.15) is 0 Å². The normalized spacial score (nSPS) is 11.2. The Morgan fingerprint density at radius 3 is 2.75 bits per heavy atom. The molecule has 0 spiro atoms. The number of halogens is 1. The highest BCUT2D eigenvalue weighted by Crippen LogP contribution is 2.16. The van der Waals surface area contributed by atoms with Crippen molar-refractivity contribution >= 4 is 10.1 Å². The van der Waals surface area contributed by atoms with E-state index in [9.17, 15) is 12.8 Å². The van der Waals surface area contributed by atoms with Crippen LogP contribution in [0.5, 0.6) is 5.75 Å². The molecule has 0 fully saturated rings. The summed E-state index contributed by atoms with van der Waals surface area (Å²) in [5, 5.41) is 0. The fourth-order valence-corrected chi connectivity index (χ4v) is 1.08. The molecule has 0 unspecified atom stereocenters. The van der Waals surface area contributed by atoms with E-state index in [2.05, 4.69) is 10.2 Å². The van der Waals surface area contributed by atoms with Crippen LogP contribution < -0.4 is 4.18 Å². The molecular formula is C7H6FO3S. The van der Waals surface area contributed by atoms with Crippen molar-refractivity contribution in [3.8, 4) is 5.75 Å². The first-order chi connectivity index (χ1) is 5.49. The van der Waals surface area contributed by atoms with E-state index >= 15 is 0 Å². The van der Waals surface area contributed by atoms with Gasteiger partial charge in [0.2, 0.25) is 0 Å². The second-order valence-electron chi connectivity index (χ2n) is 2.14. The van der Waals surface area contributed by atoms with Crippen molar-refractivity contribution in [1.29, 1.82) is 0 Å². The first kappa shape index (κ1) is 8.99. The lowest BCUT2D eigenvalue weighted by Crippen LogP contribution is -2.06. The Bertz CT molecular complexity index is 372. The Labute approximate surface area is 69.9 Å². The predicted molar refractivity (Wildman–Crippen MR) is 40.7 cm³/mol. The van der Waals surface area contributed by atoms with Crippen molar-refractivity contribution in [3.63, 3.8) is 0 Å². The van der Waals surface area contributed by atoms with Crippen LogP contribution in [0.4, 0.5) is 4.39 Å². The lowest BCUT2D eigenvalue weighted by molar-refractivity contribution is 0.467. The van der Waals surface area contributed by atoms with Crippen LogP contribution in [0, 0.1) is 11.9 Å². The van der Waals surface area contributed by atoms with Crippen LogP contribution in [0.2, 0.25) is 0 Å². The van der Waals surface area contributed by atoms with Crippen molar-refractivity contribution in [2.24, 2.45) is 0 Å². The third kappa shape index (κ3) is 2.50. The fourth-order valence-electron chi connectivity index (χ4n) is 0.623. The highest BCUT2D eigenvalue weighted by Gasteiger charge is 2.07. The van der Waals surface area contributed by atoms with Crippen LogP contribution >= 0.6 is 0 Å². The summed E-state index contributed by atoms with van der Waals surface area (Å²) >= 11 is 0. The third-order valence-corrected chi connectivity index (χ3v) is 1.50. The van der Waals surface area contributed by atoms with Crippen LogP contribution in [-0.4, -0.2) is 14.7 Å². The highest BCUT2D eigenvalue weighted by molar-refractivity contribution is 7.86. The van der Waals surface area contributed by atoms with E-state index in [4.69, 9.17) is 0 Å². The van der Waals surface area contributed by atoms with Crippen LogP contribution in [0.1, 0.15) is 0 Å². The molecule has 0 atom stereocenters. The van der Waals surface area contributed by atoms with Gasteiger partial charge in [0.25, 0.3) is 0 Å². The van der Waals surface area contributed by atoms with Crippen LogP contribution in [-0.2, 0) is 10.1 Å². The summed E-state index contributed by atoms with van der Waals surface area (Å²) in [5.74, 6) is -1.06. The number of rotatable bonds is 2. The second kappa shape index (κ2) is 3.10. The van der Waals surface area contributed by atoms with Crippen LogP contribution in [0.25, 0.3) is 0 Å². The summed E-state index contributed by atoms with van der Waals surface area (Å²) in [6.07, 6.45) is 0.847. The summed E-state index contributed by atoms with van der Waals surface area (Å²) in [6, 6.07) is 6.01. The molecule has 3 nitrogen and oxygen atoms in total. The Morgan fingerprint density at radius 1 is 1.58 bits per heavy atom.